The summed E-state index contributed by atoms with van der Waals surface area (Å²) in [7, 11) is -16.8. The number of halogens is 1. The number of phosphoric ester groups is 1. The van der Waals surface area contributed by atoms with Gasteiger partial charge in [-0.05, 0) is 15.9 Å². The molecule has 0 saturated carbocycles. The molecule has 0 radical (unpaired) electrons. The van der Waals surface area contributed by atoms with Crippen LogP contribution in [-0.4, -0.2) is 69.1 Å². The van der Waals surface area contributed by atoms with Crippen molar-refractivity contribution in [2.75, 3.05) is 12.3 Å². The minimum Gasteiger partial charge on any atom is -0.848 e. The van der Waals surface area contributed by atoms with E-state index in [1.807, 2.05) is 0 Å². The van der Waals surface area contributed by atoms with Crippen molar-refractivity contribution in [1.29, 1.82) is 0 Å². The first-order valence-electron chi connectivity index (χ1n) is 8.02. The molecule has 1 aliphatic heterocycles. The number of rotatable bonds is 8. The molecule has 0 spiro atoms. The molecule has 6 atom stereocenters. The monoisotopic (exact) mass is 607 g/mol. The third-order valence-electron chi connectivity index (χ3n) is 3.84. The number of phosphoric acid groups is 3. The SMILES string of the molecule is Nc1ncnc2c1nc(Br)n2C1OC(COP(=O)(O)OP(=O)(O)OP(=O)(O)O)C([O-])C1O.[Na+]. The zero-order valence-corrected chi connectivity index (χ0v) is 22.5. The van der Waals surface area contributed by atoms with Crippen LogP contribution in [0.25, 0.3) is 11.2 Å². The Kier molecular flexibility index (Phi) is 9.45. The molecule has 3 rings (SSSR count). The van der Waals surface area contributed by atoms with Gasteiger partial charge in [0.25, 0.3) is 0 Å². The number of nitrogen functional groups attached to an aromatic ring is 1. The van der Waals surface area contributed by atoms with Crippen molar-refractivity contribution >= 4 is 56.4 Å². The summed E-state index contributed by atoms with van der Waals surface area (Å²) in [6.45, 7) is -1.03. The van der Waals surface area contributed by atoms with Crippen molar-refractivity contribution in [1.82, 2.24) is 19.5 Å². The van der Waals surface area contributed by atoms with E-state index in [0.717, 1.165) is 6.33 Å². The molecule has 2 aromatic heterocycles. The van der Waals surface area contributed by atoms with Gasteiger partial charge in [-0.25, -0.2) is 28.6 Å². The minimum atomic E-state index is -5.73. The van der Waals surface area contributed by atoms with Crippen LogP contribution in [0.5, 0.6) is 0 Å². The second-order valence-electron chi connectivity index (χ2n) is 6.09. The molecular formula is C10H14BrN5NaO13P3. The molecule has 180 valence electrons. The standard InChI is InChI=1S/C10H14BrN5O13P3.Na/c11-10-15-4-7(12)13-2-14-8(4)16(10)9-6(18)5(17)3(27-9)1-26-31(22,23)29-32(24,25)28-30(19,20)21;/h2-3,5-6,9,18H,1H2,(H,22,23)(H,24,25)(H2,12,13,14)(H2,19,20,21);/q-1;+1. The Morgan fingerprint density at radius 3 is 2.42 bits per heavy atom. The number of nitrogens with zero attached hydrogens (tertiary/aromatic N) is 4. The van der Waals surface area contributed by atoms with Gasteiger partial charge < -0.3 is 40.3 Å². The minimum absolute atomic E-state index is 0. The average molecular weight is 608 g/mol. The fraction of sp³-hybridized carbons (Fsp3) is 0.500. The summed E-state index contributed by atoms with van der Waals surface area (Å²) in [5.41, 5.74) is 5.93. The number of aromatic nitrogens is 4. The number of hydrogen-bond acceptors (Lipinski definition) is 13. The molecule has 18 nitrogen and oxygen atoms in total. The van der Waals surface area contributed by atoms with Crippen molar-refractivity contribution in [3.05, 3.63) is 11.1 Å². The number of nitrogens with two attached hydrogens (primary N) is 1. The predicted molar refractivity (Wildman–Crippen MR) is 101 cm³/mol. The molecule has 1 aliphatic rings. The number of fused-ring (bicyclic) bond motifs is 1. The van der Waals surface area contributed by atoms with E-state index in [9.17, 15) is 28.8 Å². The predicted octanol–water partition coefficient (Wildman–Crippen LogP) is -4.49. The summed E-state index contributed by atoms with van der Waals surface area (Å²) >= 11 is 3.11. The second-order valence-corrected chi connectivity index (χ2v) is 11.2. The maximum Gasteiger partial charge on any atom is 1.00 e. The molecule has 33 heavy (non-hydrogen) atoms. The van der Waals surface area contributed by atoms with Crippen molar-refractivity contribution in [2.45, 2.75) is 24.5 Å². The van der Waals surface area contributed by atoms with Gasteiger partial charge in [-0.2, -0.15) is 8.62 Å². The number of anilines is 1. The van der Waals surface area contributed by atoms with E-state index >= 15 is 0 Å². The summed E-state index contributed by atoms with van der Waals surface area (Å²) in [5, 5.41) is 22.7. The first-order chi connectivity index (χ1) is 14.6. The average Bonchev–Trinajstić information content (AvgIpc) is 3.08. The molecule has 0 bridgehead atoms. The molecule has 23 heteroatoms. The topological polar surface area (TPSA) is 282 Å². The molecule has 2 aromatic rings. The number of aliphatic hydroxyl groups excluding tert-OH is 1. The number of ether oxygens (including phenoxy) is 1. The molecule has 7 N–H and O–H groups in total. The van der Waals surface area contributed by atoms with E-state index < -0.39 is 54.6 Å². The smallest absolute Gasteiger partial charge is 0.848 e. The third kappa shape index (κ3) is 7.09. The Morgan fingerprint density at radius 2 is 1.82 bits per heavy atom. The Balaban J connectivity index is 0.00000385. The Bertz CT molecular complexity index is 1160. The Morgan fingerprint density at radius 1 is 1.18 bits per heavy atom. The molecule has 1 saturated heterocycles. The van der Waals surface area contributed by atoms with Gasteiger partial charge in [-0.15, -0.1) is 0 Å². The third-order valence-corrected chi connectivity index (χ3v) is 8.21. The second kappa shape index (κ2) is 10.6. The van der Waals surface area contributed by atoms with Gasteiger partial charge in [0.1, 0.15) is 6.33 Å². The number of hydrogen-bond donors (Lipinski definition) is 6. The molecular weight excluding hydrogens is 594 g/mol. The van der Waals surface area contributed by atoms with Gasteiger partial charge in [0.05, 0.1) is 18.8 Å². The first kappa shape index (κ1) is 29.4. The van der Waals surface area contributed by atoms with Gasteiger partial charge in [0.15, 0.2) is 27.9 Å². The summed E-state index contributed by atoms with van der Waals surface area (Å²) < 4.78 is 51.9. The van der Waals surface area contributed by atoms with Crippen molar-refractivity contribution in [2.24, 2.45) is 0 Å². The van der Waals surface area contributed by atoms with Crippen molar-refractivity contribution in [3.8, 4) is 0 Å². The number of aliphatic hydroxyl groups is 1. The summed E-state index contributed by atoms with van der Waals surface area (Å²) in [4.78, 5) is 47.4. The van der Waals surface area contributed by atoms with Crippen LogP contribution in [0.3, 0.4) is 0 Å². The van der Waals surface area contributed by atoms with Gasteiger partial charge in [0, 0.05) is 0 Å². The van der Waals surface area contributed by atoms with E-state index in [4.69, 9.17) is 25.2 Å². The van der Waals surface area contributed by atoms with Crippen LogP contribution in [0.1, 0.15) is 6.23 Å². The number of imidazole rings is 1. The van der Waals surface area contributed by atoms with E-state index in [1.54, 1.807) is 0 Å². The Hall–Kier alpha value is 0.120. The largest absolute Gasteiger partial charge is 1.00 e. The zero-order chi connectivity index (χ0) is 24.1. The zero-order valence-electron chi connectivity index (χ0n) is 16.2. The summed E-state index contributed by atoms with van der Waals surface area (Å²) in [6.07, 6.45) is -5.58. The van der Waals surface area contributed by atoms with Crippen LogP contribution in [0.4, 0.5) is 5.82 Å². The van der Waals surface area contributed by atoms with E-state index in [-0.39, 0.29) is 51.3 Å². The summed E-state index contributed by atoms with van der Waals surface area (Å²) in [6, 6.07) is 0. The summed E-state index contributed by atoms with van der Waals surface area (Å²) in [5.74, 6) is 0.00446. The maximum absolute atomic E-state index is 12.4. The first-order valence-corrected chi connectivity index (χ1v) is 13.3. The van der Waals surface area contributed by atoms with Gasteiger partial charge in [-0.3, -0.25) is 9.09 Å². The van der Waals surface area contributed by atoms with Gasteiger partial charge in [0.2, 0.25) is 0 Å². The van der Waals surface area contributed by atoms with Crippen LogP contribution in [-0.2, 0) is 31.6 Å². The molecule has 0 aromatic carbocycles. The quantitative estimate of drug-likeness (QED) is 0.0936. The maximum atomic E-state index is 12.4. The van der Waals surface area contributed by atoms with Crippen molar-refractivity contribution in [3.63, 3.8) is 0 Å². The Labute approximate surface area is 213 Å². The van der Waals surface area contributed by atoms with Crippen LogP contribution < -0.4 is 40.4 Å². The van der Waals surface area contributed by atoms with Gasteiger partial charge in [-0.1, -0.05) is 6.10 Å². The van der Waals surface area contributed by atoms with E-state index in [1.165, 1.54) is 4.57 Å². The van der Waals surface area contributed by atoms with Crippen LogP contribution in [0.2, 0.25) is 0 Å². The molecule has 0 amide bonds. The fourth-order valence-corrected chi connectivity index (χ4v) is 6.24. The van der Waals surface area contributed by atoms with E-state index in [0.29, 0.717) is 0 Å². The van der Waals surface area contributed by atoms with E-state index in [2.05, 4.69) is 44.0 Å². The van der Waals surface area contributed by atoms with Crippen LogP contribution in [0.15, 0.2) is 11.1 Å². The van der Waals surface area contributed by atoms with Crippen molar-refractivity contribution < 1.29 is 90.9 Å². The molecule has 6 unspecified atom stereocenters. The van der Waals surface area contributed by atoms with Crippen LogP contribution >= 0.6 is 39.4 Å². The van der Waals surface area contributed by atoms with Gasteiger partial charge >= 0.3 is 53.0 Å². The molecule has 3 heterocycles. The fourth-order valence-electron chi connectivity index (χ4n) is 2.66. The normalized spacial score (nSPS) is 27.1. The van der Waals surface area contributed by atoms with Crippen LogP contribution in [0, 0.1) is 0 Å². The molecule has 0 aliphatic carbocycles. The molecule has 1 fully saturated rings.